The smallest absolute Gasteiger partial charge is 0.247 e. The number of ether oxygens (including phenoxy) is 1. The lowest BCUT2D eigenvalue weighted by Gasteiger charge is -2.31. The Morgan fingerprint density at radius 2 is 1.69 bits per heavy atom. The van der Waals surface area contributed by atoms with Crippen LogP contribution in [0, 0.1) is 0 Å². The van der Waals surface area contributed by atoms with Gasteiger partial charge in [0, 0.05) is 19.5 Å². The lowest BCUT2D eigenvalue weighted by Crippen LogP contribution is -2.43. The van der Waals surface area contributed by atoms with Crippen molar-refractivity contribution in [1.82, 2.24) is 10.2 Å². The van der Waals surface area contributed by atoms with E-state index in [9.17, 15) is 9.59 Å². The van der Waals surface area contributed by atoms with Crippen LogP contribution in [0.1, 0.15) is 56.7 Å². The molecule has 0 saturated heterocycles. The number of amides is 2. The Balaban J connectivity index is 2.36. The van der Waals surface area contributed by atoms with Gasteiger partial charge in [0.25, 0.3) is 0 Å². The Morgan fingerprint density at radius 3 is 2.28 bits per heavy atom. The summed E-state index contributed by atoms with van der Waals surface area (Å²) in [6, 6.07) is 16.5. The van der Waals surface area contributed by atoms with Gasteiger partial charge in [-0.15, -0.1) is 0 Å². The minimum atomic E-state index is -0.658. The second-order valence-electron chi connectivity index (χ2n) is 7.08. The van der Waals surface area contributed by atoms with Crippen LogP contribution in [0.4, 0.5) is 0 Å². The maximum absolute atomic E-state index is 13.1. The molecule has 0 aliphatic heterocycles. The average molecular weight is 397 g/mol. The van der Waals surface area contributed by atoms with Crippen molar-refractivity contribution in [3.05, 3.63) is 65.7 Å². The number of nitrogens with one attached hydrogen (secondary N) is 1. The van der Waals surface area contributed by atoms with Crippen molar-refractivity contribution < 1.29 is 14.3 Å². The van der Waals surface area contributed by atoms with Gasteiger partial charge in [0.15, 0.2) is 0 Å². The SMILES string of the molecule is CCCCNC(=O)C(c1ccccc1)N(Cc1ccc(OC)cc1)C(=O)CCC. The van der Waals surface area contributed by atoms with Crippen LogP contribution >= 0.6 is 0 Å². The van der Waals surface area contributed by atoms with E-state index in [-0.39, 0.29) is 11.8 Å². The molecule has 2 rings (SSSR count). The molecule has 29 heavy (non-hydrogen) atoms. The van der Waals surface area contributed by atoms with E-state index in [1.807, 2.05) is 61.5 Å². The van der Waals surface area contributed by atoms with Crippen molar-refractivity contribution in [3.8, 4) is 5.75 Å². The zero-order chi connectivity index (χ0) is 21.1. The van der Waals surface area contributed by atoms with Gasteiger partial charge in [-0.2, -0.15) is 0 Å². The van der Waals surface area contributed by atoms with E-state index in [4.69, 9.17) is 4.74 Å². The molecule has 0 spiro atoms. The number of carbonyl (C=O) groups excluding carboxylic acids is 2. The maximum atomic E-state index is 13.1. The minimum absolute atomic E-state index is 0.0252. The molecule has 5 nitrogen and oxygen atoms in total. The van der Waals surface area contributed by atoms with Crippen molar-refractivity contribution in [2.75, 3.05) is 13.7 Å². The molecule has 156 valence electrons. The quantitative estimate of drug-likeness (QED) is 0.570. The summed E-state index contributed by atoms with van der Waals surface area (Å²) in [7, 11) is 1.62. The van der Waals surface area contributed by atoms with Gasteiger partial charge in [-0.05, 0) is 36.1 Å². The summed E-state index contributed by atoms with van der Waals surface area (Å²) in [6.45, 7) is 5.03. The zero-order valence-electron chi connectivity index (χ0n) is 17.7. The van der Waals surface area contributed by atoms with E-state index in [0.717, 1.165) is 36.1 Å². The van der Waals surface area contributed by atoms with Crippen molar-refractivity contribution in [1.29, 1.82) is 0 Å². The van der Waals surface area contributed by atoms with Crippen molar-refractivity contribution in [2.45, 2.75) is 52.1 Å². The third-order valence-electron chi connectivity index (χ3n) is 4.80. The van der Waals surface area contributed by atoms with Gasteiger partial charge < -0.3 is 15.0 Å². The molecular weight excluding hydrogens is 364 g/mol. The molecule has 0 aromatic heterocycles. The molecule has 0 saturated carbocycles. The summed E-state index contributed by atoms with van der Waals surface area (Å²) in [5.41, 5.74) is 1.78. The van der Waals surface area contributed by atoms with Crippen LogP contribution in [0.15, 0.2) is 54.6 Å². The van der Waals surface area contributed by atoms with Gasteiger partial charge in [0.1, 0.15) is 11.8 Å². The van der Waals surface area contributed by atoms with Crippen LogP contribution in [-0.4, -0.2) is 30.4 Å². The Morgan fingerprint density at radius 1 is 1.00 bits per heavy atom. The fourth-order valence-corrected chi connectivity index (χ4v) is 3.20. The van der Waals surface area contributed by atoms with E-state index in [1.165, 1.54) is 0 Å². The topological polar surface area (TPSA) is 58.6 Å². The molecule has 0 aliphatic rings. The molecule has 0 bridgehead atoms. The highest BCUT2D eigenvalue weighted by Crippen LogP contribution is 2.25. The molecule has 0 radical (unpaired) electrons. The monoisotopic (exact) mass is 396 g/mol. The van der Waals surface area contributed by atoms with Gasteiger partial charge in [-0.1, -0.05) is 62.7 Å². The lowest BCUT2D eigenvalue weighted by atomic mass is 10.0. The molecule has 0 fully saturated rings. The Kier molecular flexibility index (Phi) is 9.22. The van der Waals surface area contributed by atoms with Crippen LogP contribution in [0.2, 0.25) is 0 Å². The highest BCUT2D eigenvalue weighted by Gasteiger charge is 2.30. The first kappa shape index (κ1) is 22.5. The fourth-order valence-electron chi connectivity index (χ4n) is 3.20. The molecular formula is C24H32N2O3. The third-order valence-corrected chi connectivity index (χ3v) is 4.80. The second-order valence-corrected chi connectivity index (χ2v) is 7.08. The first-order valence-electron chi connectivity index (χ1n) is 10.4. The molecule has 2 amide bonds. The van der Waals surface area contributed by atoms with E-state index in [1.54, 1.807) is 12.0 Å². The van der Waals surface area contributed by atoms with Crippen molar-refractivity contribution in [3.63, 3.8) is 0 Å². The molecule has 1 atom stereocenters. The number of hydrogen-bond acceptors (Lipinski definition) is 3. The van der Waals surface area contributed by atoms with Gasteiger partial charge in [-0.3, -0.25) is 9.59 Å². The average Bonchev–Trinajstić information content (AvgIpc) is 2.75. The van der Waals surface area contributed by atoms with E-state index < -0.39 is 6.04 Å². The minimum Gasteiger partial charge on any atom is -0.497 e. The number of rotatable bonds is 11. The van der Waals surface area contributed by atoms with Gasteiger partial charge in [0.2, 0.25) is 11.8 Å². The first-order chi connectivity index (χ1) is 14.1. The zero-order valence-corrected chi connectivity index (χ0v) is 17.7. The van der Waals surface area contributed by atoms with Crippen LogP contribution in [0.25, 0.3) is 0 Å². The number of hydrogen-bond donors (Lipinski definition) is 1. The normalized spacial score (nSPS) is 11.6. The second kappa shape index (κ2) is 11.9. The maximum Gasteiger partial charge on any atom is 0.247 e. The van der Waals surface area contributed by atoms with Crippen molar-refractivity contribution in [2.24, 2.45) is 0 Å². The summed E-state index contributed by atoms with van der Waals surface area (Å²) in [6.07, 6.45) is 3.05. The largest absolute Gasteiger partial charge is 0.497 e. The van der Waals surface area contributed by atoms with Gasteiger partial charge in [-0.25, -0.2) is 0 Å². The predicted molar refractivity (Wildman–Crippen MR) is 116 cm³/mol. The standard InChI is InChI=1S/C24H32N2O3/c1-4-6-17-25-24(28)23(20-11-8-7-9-12-20)26(22(27)10-5-2)18-19-13-15-21(29-3)16-14-19/h7-9,11-16,23H,4-6,10,17-18H2,1-3H3,(H,25,28). The van der Waals surface area contributed by atoms with Crippen molar-refractivity contribution >= 4 is 11.8 Å². The van der Waals surface area contributed by atoms with Gasteiger partial charge in [0.05, 0.1) is 7.11 Å². The number of nitrogens with zero attached hydrogens (tertiary/aromatic N) is 1. The molecule has 0 aliphatic carbocycles. The van der Waals surface area contributed by atoms with Crippen LogP contribution in [0.5, 0.6) is 5.75 Å². The summed E-state index contributed by atoms with van der Waals surface area (Å²) < 4.78 is 5.23. The van der Waals surface area contributed by atoms with Crippen LogP contribution in [0.3, 0.4) is 0 Å². The molecule has 1 N–H and O–H groups in total. The highest BCUT2D eigenvalue weighted by atomic mass is 16.5. The van der Waals surface area contributed by atoms with Crippen LogP contribution in [-0.2, 0) is 16.1 Å². The Bertz CT molecular complexity index is 759. The predicted octanol–water partition coefficient (Wildman–Crippen LogP) is 4.48. The molecule has 2 aromatic rings. The number of methoxy groups -OCH3 is 1. The number of carbonyl (C=O) groups is 2. The lowest BCUT2D eigenvalue weighted by molar-refractivity contribution is -0.141. The Hall–Kier alpha value is -2.82. The summed E-state index contributed by atoms with van der Waals surface area (Å²) in [4.78, 5) is 27.9. The molecule has 2 aromatic carbocycles. The fraction of sp³-hybridized carbons (Fsp3) is 0.417. The van der Waals surface area contributed by atoms with Crippen LogP contribution < -0.4 is 10.1 Å². The third kappa shape index (κ3) is 6.63. The number of benzene rings is 2. The Labute approximate surface area is 174 Å². The summed E-state index contributed by atoms with van der Waals surface area (Å²) in [5.74, 6) is 0.600. The van der Waals surface area contributed by atoms with E-state index >= 15 is 0 Å². The summed E-state index contributed by atoms with van der Waals surface area (Å²) >= 11 is 0. The highest BCUT2D eigenvalue weighted by molar-refractivity contribution is 5.88. The molecule has 1 unspecified atom stereocenters. The van der Waals surface area contributed by atoms with E-state index in [2.05, 4.69) is 12.2 Å². The molecule has 0 heterocycles. The number of unbranched alkanes of at least 4 members (excludes halogenated alkanes) is 1. The first-order valence-corrected chi connectivity index (χ1v) is 10.4. The van der Waals surface area contributed by atoms with Gasteiger partial charge >= 0.3 is 0 Å². The summed E-state index contributed by atoms with van der Waals surface area (Å²) in [5, 5.41) is 3.01. The van der Waals surface area contributed by atoms with E-state index in [0.29, 0.717) is 19.5 Å². The molecule has 5 heteroatoms.